The van der Waals surface area contributed by atoms with Gasteiger partial charge >= 0.3 is 12.0 Å². The maximum absolute atomic E-state index is 12.3. The van der Waals surface area contributed by atoms with Gasteiger partial charge in [-0.2, -0.15) is 4.98 Å². The number of urea groups is 1. The Bertz CT molecular complexity index is 680. The molecule has 1 unspecified atom stereocenters. The largest absolute Gasteiger partial charge is 0.428 e. The summed E-state index contributed by atoms with van der Waals surface area (Å²) < 4.78 is 5.53. The summed E-state index contributed by atoms with van der Waals surface area (Å²) in [6.07, 6.45) is 3.54. The third-order valence-corrected chi connectivity index (χ3v) is 4.18. The Morgan fingerprint density at radius 3 is 2.79 bits per heavy atom. The molecule has 0 spiro atoms. The Morgan fingerprint density at radius 2 is 2.12 bits per heavy atom. The lowest BCUT2D eigenvalue weighted by atomic mass is 10.0. The average Bonchev–Trinajstić information content (AvgIpc) is 3.36. The first-order valence-corrected chi connectivity index (χ1v) is 8.38. The summed E-state index contributed by atoms with van der Waals surface area (Å²) in [6.45, 7) is 1.97. The van der Waals surface area contributed by atoms with Crippen LogP contribution in [0.4, 0.5) is 10.8 Å². The number of aromatic nitrogens is 1. The second kappa shape index (κ2) is 7.49. The van der Waals surface area contributed by atoms with Gasteiger partial charge < -0.3 is 14.8 Å². The lowest BCUT2D eigenvalue weighted by molar-refractivity contribution is 0.243. The summed E-state index contributed by atoms with van der Waals surface area (Å²) in [6, 6.07) is 9.43. The first-order valence-electron chi connectivity index (χ1n) is 8.38. The number of aliphatic hydroxyl groups excluding tert-OH is 1. The first-order chi connectivity index (χ1) is 11.7. The third-order valence-electron chi connectivity index (χ3n) is 4.18. The van der Waals surface area contributed by atoms with E-state index in [9.17, 15) is 4.79 Å². The number of carbonyl (C=O) groups excluding carboxylic acids is 1. The Labute approximate surface area is 141 Å². The number of hydrogen-bond donors (Lipinski definition) is 3. The van der Waals surface area contributed by atoms with E-state index < -0.39 is 0 Å². The summed E-state index contributed by atoms with van der Waals surface area (Å²) in [5, 5.41) is 14.7. The standard InChI is InChI=1S/C18H23N3O3/c1-12-16(14-9-10-14)20-18(24-12)21-17(23)19-15(8-5-11-22)13-6-3-2-4-7-13/h2-4,6-7,14-15,22H,5,8-11H2,1H3,(H2,19,20,21,23). The molecule has 1 atom stereocenters. The van der Waals surface area contributed by atoms with Gasteiger partial charge in [0.25, 0.3) is 0 Å². The number of oxazole rings is 1. The van der Waals surface area contributed by atoms with Crippen LogP contribution < -0.4 is 10.6 Å². The van der Waals surface area contributed by atoms with Crippen molar-refractivity contribution in [3.05, 3.63) is 47.3 Å². The highest BCUT2D eigenvalue weighted by atomic mass is 16.4. The van der Waals surface area contributed by atoms with E-state index in [0.717, 1.165) is 29.9 Å². The molecule has 0 bridgehead atoms. The van der Waals surface area contributed by atoms with Crippen LogP contribution in [0.3, 0.4) is 0 Å². The molecule has 128 valence electrons. The summed E-state index contributed by atoms with van der Waals surface area (Å²) in [4.78, 5) is 16.7. The summed E-state index contributed by atoms with van der Waals surface area (Å²) in [5.41, 5.74) is 1.95. The van der Waals surface area contributed by atoms with Gasteiger partial charge in [0.15, 0.2) is 0 Å². The van der Waals surface area contributed by atoms with Gasteiger partial charge in [0.2, 0.25) is 0 Å². The quantitative estimate of drug-likeness (QED) is 0.725. The van der Waals surface area contributed by atoms with E-state index in [4.69, 9.17) is 9.52 Å². The molecular formula is C18H23N3O3. The fraction of sp³-hybridized carbons (Fsp3) is 0.444. The van der Waals surface area contributed by atoms with E-state index in [0.29, 0.717) is 18.8 Å². The van der Waals surface area contributed by atoms with Crippen LogP contribution in [0.15, 0.2) is 34.7 Å². The van der Waals surface area contributed by atoms with Crippen LogP contribution in [-0.2, 0) is 0 Å². The molecule has 2 amide bonds. The molecule has 0 saturated heterocycles. The summed E-state index contributed by atoms with van der Waals surface area (Å²) >= 11 is 0. The number of aliphatic hydroxyl groups is 1. The average molecular weight is 329 g/mol. The molecule has 1 aromatic carbocycles. The highest BCUT2D eigenvalue weighted by Gasteiger charge is 2.29. The van der Waals surface area contributed by atoms with Crippen molar-refractivity contribution in [2.45, 2.75) is 44.6 Å². The van der Waals surface area contributed by atoms with E-state index in [1.165, 1.54) is 0 Å². The van der Waals surface area contributed by atoms with Gasteiger partial charge in [-0.15, -0.1) is 0 Å². The van der Waals surface area contributed by atoms with Crippen LogP contribution in [-0.4, -0.2) is 22.7 Å². The van der Waals surface area contributed by atoms with E-state index in [2.05, 4.69) is 15.6 Å². The molecule has 3 N–H and O–H groups in total. The zero-order valence-corrected chi connectivity index (χ0v) is 13.8. The number of amides is 2. The zero-order chi connectivity index (χ0) is 16.9. The molecule has 1 heterocycles. The molecule has 1 aromatic heterocycles. The lowest BCUT2D eigenvalue weighted by Crippen LogP contribution is -2.32. The molecule has 1 aliphatic carbocycles. The number of benzene rings is 1. The van der Waals surface area contributed by atoms with Gasteiger partial charge in [0, 0.05) is 12.5 Å². The minimum atomic E-state index is -0.356. The van der Waals surface area contributed by atoms with Crippen LogP contribution >= 0.6 is 0 Å². The van der Waals surface area contributed by atoms with Crippen molar-refractivity contribution in [1.82, 2.24) is 10.3 Å². The number of nitrogens with zero attached hydrogens (tertiary/aromatic N) is 1. The molecule has 0 aliphatic heterocycles. The van der Waals surface area contributed by atoms with Gasteiger partial charge in [-0.1, -0.05) is 30.3 Å². The Balaban J connectivity index is 1.63. The third kappa shape index (κ3) is 4.14. The molecule has 24 heavy (non-hydrogen) atoms. The SMILES string of the molecule is Cc1oc(NC(=O)NC(CCCO)c2ccccc2)nc1C1CC1. The molecule has 6 heteroatoms. The predicted octanol–water partition coefficient (Wildman–Crippen LogP) is 3.50. The molecular weight excluding hydrogens is 306 g/mol. The second-order valence-electron chi connectivity index (χ2n) is 6.16. The second-order valence-corrected chi connectivity index (χ2v) is 6.16. The number of nitrogens with one attached hydrogen (secondary N) is 2. The van der Waals surface area contributed by atoms with Crippen molar-refractivity contribution >= 4 is 12.0 Å². The van der Waals surface area contributed by atoms with Crippen LogP contribution in [0, 0.1) is 6.92 Å². The van der Waals surface area contributed by atoms with E-state index in [1.54, 1.807) is 0 Å². The van der Waals surface area contributed by atoms with Crippen molar-refractivity contribution in [3.63, 3.8) is 0 Å². The van der Waals surface area contributed by atoms with Crippen molar-refractivity contribution in [1.29, 1.82) is 0 Å². The topological polar surface area (TPSA) is 87.4 Å². The smallest absolute Gasteiger partial charge is 0.323 e. The van der Waals surface area contributed by atoms with E-state index in [1.807, 2.05) is 37.3 Å². The first kappa shape index (κ1) is 16.5. The Hall–Kier alpha value is -2.34. The number of rotatable bonds is 7. The fourth-order valence-corrected chi connectivity index (χ4v) is 2.79. The minimum absolute atomic E-state index is 0.0936. The normalized spacial score (nSPS) is 15.1. The van der Waals surface area contributed by atoms with Gasteiger partial charge in [0.05, 0.1) is 11.7 Å². The van der Waals surface area contributed by atoms with Gasteiger partial charge in [-0.25, -0.2) is 4.79 Å². The minimum Gasteiger partial charge on any atom is -0.428 e. The van der Waals surface area contributed by atoms with Crippen LogP contribution in [0.2, 0.25) is 0 Å². The van der Waals surface area contributed by atoms with E-state index in [-0.39, 0.29) is 24.7 Å². The van der Waals surface area contributed by atoms with E-state index >= 15 is 0 Å². The lowest BCUT2D eigenvalue weighted by Gasteiger charge is -2.18. The van der Waals surface area contributed by atoms with Crippen LogP contribution in [0.5, 0.6) is 0 Å². The van der Waals surface area contributed by atoms with Crippen molar-refractivity contribution in [2.24, 2.45) is 0 Å². The van der Waals surface area contributed by atoms with Crippen molar-refractivity contribution < 1.29 is 14.3 Å². The Kier molecular flexibility index (Phi) is 5.15. The van der Waals surface area contributed by atoms with Crippen LogP contribution in [0.1, 0.15) is 54.7 Å². The molecule has 3 rings (SSSR count). The fourth-order valence-electron chi connectivity index (χ4n) is 2.79. The van der Waals surface area contributed by atoms with Gasteiger partial charge in [0.1, 0.15) is 5.76 Å². The molecule has 1 fully saturated rings. The Morgan fingerprint density at radius 1 is 1.38 bits per heavy atom. The molecule has 1 aliphatic rings. The number of aryl methyl sites for hydroxylation is 1. The number of anilines is 1. The maximum Gasteiger partial charge on any atom is 0.323 e. The predicted molar refractivity (Wildman–Crippen MR) is 90.9 cm³/mol. The van der Waals surface area contributed by atoms with Gasteiger partial charge in [-0.05, 0) is 38.2 Å². The zero-order valence-electron chi connectivity index (χ0n) is 13.8. The molecule has 1 saturated carbocycles. The maximum atomic E-state index is 12.3. The number of carbonyl (C=O) groups is 1. The van der Waals surface area contributed by atoms with Crippen molar-refractivity contribution in [2.75, 3.05) is 11.9 Å². The van der Waals surface area contributed by atoms with Gasteiger partial charge in [-0.3, -0.25) is 5.32 Å². The summed E-state index contributed by atoms with van der Waals surface area (Å²) in [5.74, 6) is 1.25. The molecule has 2 aromatic rings. The number of hydrogen-bond acceptors (Lipinski definition) is 4. The highest BCUT2D eigenvalue weighted by Crippen LogP contribution is 2.41. The summed E-state index contributed by atoms with van der Waals surface area (Å²) in [7, 11) is 0. The molecule has 6 nitrogen and oxygen atoms in total. The highest BCUT2D eigenvalue weighted by molar-refractivity contribution is 5.87. The molecule has 0 radical (unpaired) electrons. The van der Waals surface area contributed by atoms with Crippen molar-refractivity contribution in [3.8, 4) is 0 Å². The van der Waals surface area contributed by atoms with Crippen LogP contribution in [0.25, 0.3) is 0 Å². The monoisotopic (exact) mass is 329 g/mol.